The van der Waals surface area contributed by atoms with Crippen molar-refractivity contribution in [2.75, 3.05) is 0 Å². The molecule has 0 aliphatic carbocycles. The van der Waals surface area contributed by atoms with Gasteiger partial charge in [-0.3, -0.25) is 9.59 Å². The minimum absolute atomic E-state index is 0. The first kappa shape index (κ1) is 12.8. The summed E-state index contributed by atoms with van der Waals surface area (Å²) in [5, 5.41) is 0. The Kier molecular flexibility index (Phi) is 5.02. The topological polar surface area (TPSA) is 38.0 Å². The first-order valence-electron chi connectivity index (χ1n) is 4.10. The zero-order valence-corrected chi connectivity index (χ0v) is 8.91. The molecule has 0 spiro atoms. The highest BCUT2D eigenvalue weighted by molar-refractivity contribution is 5.90. The Bertz CT molecular complexity index is 350. The molecular formula is C10H12ClNO2. The summed E-state index contributed by atoms with van der Waals surface area (Å²) in [7, 11) is 0. The Morgan fingerprint density at radius 3 is 2.43 bits per heavy atom. The molecule has 0 unspecified atom stereocenters. The molecule has 0 saturated carbocycles. The summed E-state index contributed by atoms with van der Waals surface area (Å²) in [5.41, 5.74) is 0.567. The molecule has 0 radical (unpaired) electrons. The van der Waals surface area contributed by atoms with Crippen LogP contribution in [0.2, 0.25) is 0 Å². The Morgan fingerprint density at radius 2 is 1.93 bits per heavy atom. The van der Waals surface area contributed by atoms with Gasteiger partial charge < -0.3 is 12.4 Å². The van der Waals surface area contributed by atoms with Crippen LogP contribution in [-0.4, -0.2) is 11.6 Å². The lowest BCUT2D eigenvalue weighted by Gasteiger charge is -1.97. The van der Waals surface area contributed by atoms with E-state index in [4.69, 9.17) is 0 Å². The maximum Gasteiger partial charge on any atom is 0.248 e. The normalized spacial score (nSPS) is 9.00. The van der Waals surface area contributed by atoms with Gasteiger partial charge in [0.15, 0.2) is 12.0 Å². The molecule has 0 saturated heterocycles. The quantitative estimate of drug-likeness (QED) is 0.421. The lowest BCUT2D eigenvalue weighted by molar-refractivity contribution is -0.686. The number of carbonyl (C=O) groups excluding carboxylic acids is 2. The van der Waals surface area contributed by atoms with Crippen LogP contribution in [0.5, 0.6) is 0 Å². The number of rotatable bonds is 3. The summed E-state index contributed by atoms with van der Waals surface area (Å²) in [6, 6.07) is 5.30. The van der Waals surface area contributed by atoms with E-state index in [1.807, 2.05) is 0 Å². The van der Waals surface area contributed by atoms with Gasteiger partial charge in [-0.1, -0.05) is 0 Å². The molecule has 1 rings (SSSR count). The molecule has 0 atom stereocenters. The number of hydrogen-bond acceptors (Lipinski definition) is 2. The number of Topliss-reactive ketones (excluding diaryl/α,β-unsaturated/α-hetero) is 2. The van der Waals surface area contributed by atoms with Crippen LogP contribution in [0.3, 0.4) is 0 Å². The molecule has 0 bridgehead atoms. The van der Waals surface area contributed by atoms with Gasteiger partial charge in [-0.25, -0.2) is 0 Å². The van der Waals surface area contributed by atoms with Crippen LogP contribution in [-0.2, 0) is 11.3 Å². The third-order valence-corrected chi connectivity index (χ3v) is 1.69. The number of pyridine rings is 1. The van der Waals surface area contributed by atoms with Crippen LogP contribution >= 0.6 is 0 Å². The highest BCUT2D eigenvalue weighted by Crippen LogP contribution is 1.92. The van der Waals surface area contributed by atoms with Gasteiger partial charge >= 0.3 is 0 Å². The predicted octanol–water partition coefficient (Wildman–Crippen LogP) is -2.23. The minimum atomic E-state index is -0.0261. The van der Waals surface area contributed by atoms with E-state index in [1.165, 1.54) is 13.8 Å². The Balaban J connectivity index is 0.00000169. The van der Waals surface area contributed by atoms with E-state index in [2.05, 4.69) is 0 Å². The van der Waals surface area contributed by atoms with E-state index < -0.39 is 0 Å². The molecule has 1 aromatic heterocycles. The van der Waals surface area contributed by atoms with E-state index in [0.717, 1.165) is 0 Å². The Labute approximate surface area is 89.2 Å². The fourth-order valence-corrected chi connectivity index (χ4v) is 1.17. The van der Waals surface area contributed by atoms with E-state index in [0.29, 0.717) is 5.69 Å². The van der Waals surface area contributed by atoms with Crippen molar-refractivity contribution in [2.24, 2.45) is 0 Å². The van der Waals surface area contributed by atoms with E-state index in [1.54, 1.807) is 29.0 Å². The summed E-state index contributed by atoms with van der Waals surface area (Å²) in [4.78, 5) is 22.0. The van der Waals surface area contributed by atoms with Crippen LogP contribution in [0, 0.1) is 0 Å². The van der Waals surface area contributed by atoms with Crippen molar-refractivity contribution >= 4 is 11.6 Å². The SMILES string of the molecule is CC(=O)C[n+]1ccccc1C(C)=O.[Cl-]. The molecule has 0 N–H and O–H groups in total. The summed E-state index contributed by atoms with van der Waals surface area (Å²) in [5.74, 6) is 0.0144. The second kappa shape index (κ2) is 5.50. The van der Waals surface area contributed by atoms with Crippen molar-refractivity contribution in [3.8, 4) is 0 Å². The lowest BCUT2D eigenvalue weighted by atomic mass is 10.2. The summed E-state index contributed by atoms with van der Waals surface area (Å²) < 4.78 is 1.66. The highest BCUT2D eigenvalue weighted by atomic mass is 35.5. The van der Waals surface area contributed by atoms with E-state index >= 15 is 0 Å². The molecule has 0 aromatic carbocycles. The van der Waals surface area contributed by atoms with Crippen molar-refractivity contribution in [3.05, 3.63) is 30.1 Å². The molecule has 1 heterocycles. The van der Waals surface area contributed by atoms with Crippen LogP contribution < -0.4 is 17.0 Å². The second-order valence-corrected chi connectivity index (χ2v) is 2.97. The third kappa shape index (κ3) is 3.26. The molecule has 1 aromatic rings. The summed E-state index contributed by atoms with van der Waals surface area (Å²) >= 11 is 0. The first-order valence-corrected chi connectivity index (χ1v) is 4.10. The van der Waals surface area contributed by atoms with Gasteiger partial charge in [0, 0.05) is 26.0 Å². The standard InChI is InChI=1S/C10H12NO2.ClH/c1-8(12)7-11-6-4-3-5-10(11)9(2)13;/h3-6H,7H2,1-2H3;1H/q+1;/p-1. The molecule has 0 aliphatic rings. The number of carbonyl (C=O) groups is 2. The first-order chi connectivity index (χ1) is 6.11. The molecule has 0 amide bonds. The molecule has 3 nitrogen and oxygen atoms in total. The van der Waals surface area contributed by atoms with Gasteiger partial charge in [0.05, 0.1) is 0 Å². The number of halogens is 1. The van der Waals surface area contributed by atoms with E-state index in [-0.39, 0.29) is 30.5 Å². The zero-order chi connectivity index (χ0) is 9.84. The van der Waals surface area contributed by atoms with Crippen LogP contribution in [0.15, 0.2) is 24.4 Å². The molecule has 76 valence electrons. The van der Waals surface area contributed by atoms with Gasteiger partial charge in [0.25, 0.3) is 0 Å². The maximum atomic E-state index is 11.1. The third-order valence-electron chi connectivity index (χ3n) is 1.69. The molecule has 4 heteroatoms. The smallest absolute Gasteiger partial charge is 0.248 e. The number of ketones is 2. The fourth-order valence-electron chi connectivity index (χ4n) is 1.17. The van der Waals surface area contributed by atoms with Crippen molar-refractivity contribution in [1.82, 2.24) is 0 Å². The number of nitrogens with zero attached hydrogens (tertiary/aromatic N) is 1. The van der Waals surface area contributed by atoms with Crippen molar-refractivity contribution in [2.45, 2.75) is 20.4 Å². The van der Waals surface area contributed by atoms with E-state index in [9.17, 15) is 9.59 Å². The van der Waals surface area contributed by atoms with Gasteiger partial charge in [0.2, 0.25) is 18.0 Å². The van der Waals surface area contributed by atoms with Gasteiger partial charge in [-0.05, 0) is 6.07 Å². The van der Waals surface area contributed by atoms with Crippen molar-refractivity contribution in [1.29, 1.82) is 0 Å². The lowest BCUT2D eigenvalue weighted by Crippen LogP contribution is -3.00. The van der Waals surface area contributed by atoms with Crippen LogP contribution in [0.4, 0.5) is 0 Å². The van der Waals surface area contributed by atoms with Gasteiger partial charge in [-0.2, -0.15) is 4.57 Å². The highest BCUT2D eigenvalue weighted by Gasteiger charge is 2.14. The average molecular weight is 214 g/mol. The van der Waals surface area contributed by atoms with Crippen LogP contribution in [0.25, 0.3) is 0 Å². The zero-order valence-electron chi connectivity index (χ0n) is 8.16. The molecular weight excluding hydrogens is 202 g/mol. The summed E-state index contributed by atoms with van der Waals surface area (Å²) in [6.45, 7) is 3.26. The Hall–Kier alpha value is -1.22. The Morgan fingerprint density at radius 1 is 1.29 bits per heavy atom. The van der Waals surface area contributed by atoms with Gasteiger partial charge in [-0.15, -0.1) is 0 Å². The monoisotopic (exact) mass is 213 g/mol. The average Bonchev–Trinajstić information content (AvgIpc) is 2.03. The molecule has 0 fully saturated rings. The fraction of sp³-hybridized carbons (Fsp3) is 0.300. The second-order valence-electron chi connectivity index (χ2n) is 2.97. The predicted molar refractivity (Wildman–Crippen MR) is 47.3 cm³/mol. The van der Waals surface area contributed by atoms with Crippen molar-refractivity contribution < 1.29 is 26.6 Å². The maximum absolute atomic E-state index is 11.1. The molecule has 14 heavy (non-hydrogen) atoms. The summed E-state index contributed by atoms with van der Waals surface area (Å²) in [6.07, 6.45) is 1.73. The van der Waals surface area contributed by atoms with Crippen molar-refractivity contribution in [3.63, 3.8) is 0 Å². The number of aromatic nitrogens is 1. The van der Waals surface area contributed by atoms with Gasteiger partial charge in [0.1, 0.15) is 0 Å². The van der Waals surface area contributed by atoms with Crippen LogP contribution in [0.1, 0.15) is 24.3 Å². The number of hydrogen-bond donors (Lipinski definition) is 0. The largest absolute Gasteiger partial charge is 1.00 e. The minimum Gasteiger partial charge on any atom is -1.00 e. The molecule has 0 aliphatic heterocycles.